The number of ketones is 1. The summed E-state index contributed by atoms with van der Waals surface area (Å²) < 4.78 is 16.4. The maximum absolute atomic E-state index is 12.3. The summed E-state index contributed by atoms with van der Waals surface area (Å²) in [6, 6.07) is 17.7. The molecule has 0 aliphatic heterocycles. The summed E-state index contributed by atoms with van der Waals surface area (Å²) in [6.45, 7) is 0.275. The Morgan fingerprint density at radius 2 is 1.67 bits per heavy atom. The Morgan fingerprint density at radius 3 is 2.33 bits per heavy atom. The van der Waals surface area contributed by atoms with Gasteiger partial charge >= 0.3 is 0 Å². The molecular weight excluding hydrogens is 423 g/mol. The van der Waals surface area contributed by atoms with E-state index in [1.807, 2.05) is 12.1 Å². The van der Waals surface area contributed by atoms with Gasteiger partial charge < -0.3 is 14.2 Å². The molecule has 154 valence electrons. The first-order valence-electron chi connectivity index (χ1n) is 9.11. The highest BCUT2D eigenvalue weighted by atomic mass is 35.5. The summed E-state index contributed by atoms with van der Waals surface area (Å²) in [5.74, 6) is 1.73. The Hall–Kier alpha value is -2.95. The molecular formula is C24H20Cl2O4. The zero-order valence-corrected chi connectivity index (χ0v) is 18.0. The Kier molecular flexibility index (Phi) is 7.39. The van der Waals surface area contributed by atoms with Crippen molar-refractivity contribution in [1.82, 2.24) is 0 Å². The van der Waals surface area contributed by atoms with Crippen LogP contribution < -0.4 is 14.2 Å². The second kappa shape index (κ2) is 10.2. The molecule has 0 unspecified atom stereocenters. The summed E-state index contributed by atoms with van der Waals surface area (Å²) in [4.78, 5) is 12.3. The van der Waals surface area contributed by atoms with Crippen LogP contribution in [0.1, 0.15) is 21.5 Å². The third-order valence-corrected chi connectivity index (χ3v) is 4.97. The largest absolute Gasteiger partial charge is 0.497 e. The fourth-order valence-corrected chi connectivity index (χ4v) is 3.19. The molecule has 0 saturated heterocycles. The number of methoxy groups -OCH3 is 2. The number of ether oxygens (including phenoxy) is 3. The molecule has 0 amide bonds. The molecule has 0 saturated carbocycles. The lowest BCUT2D eigenvalue weighted by atomic mass is 10.1. The van der Waals surface area contributed by atoms with Crippen molar-refractivity contribution in [3.05, 3.63) is 93.5 Å². The number of carbonyl (C=O) groups excluding carboxylic acids is 1. The lowest BCUT2D eigenvalue weighted by Crippen LogP contribution is -1.99. The van der Waals surface area contributed by atoms with Crippen molar-refractivity contribution < 1.29 is 19.0 Å². The zero-order chi connectivity index (χ0) is 21.5. The third kappa shape index (κ3) is 5.56. The summed E-state index contributed by atoms with van der Waals surface area (Å²) >= 11 is 12.1. The van der Waals surface area contributed by atoms with Crippen molar-refractivity contribution in [2.75, 3.05) is 14.2 Å². The van der Waals surface area contributed by atoms with Crippen LogP contribution in [0.4, 0.5) is 0 Å². The topological polar surface area (TPSA) is 44.8 Å². The summed E-state index contributed by atoms with van der Waals surface area (Å²) in [7, 11) is 3.15. The van der Waals surface area contributed by atoms with Crippen LogP contribution in [-0.4, -0.2) is 20.0 Å². The number of benzene rings is 3. The molecule has 0 aliphatic rings. The lowest BCUT2D eigenvalue weighted by Gasteiger charge is -2.12. The van der Waals surface area contributed by atoms with Crippen LogP contribution in [-0.2, 0) is 6.61 Å². The van der Waals surface area contributed by atoms with Gasteiger partial charge in [0.25, 0.3) is 0 Å². The van der Waals surface area contributed by atoms with Gasteiger partial charge in [0, 0.05) is 21.2 Å². The van der Waals surface area contributed by atoms with Gasteiger partial charge in [0.15, 0.2) is 17.3 Å². The molecule has 0 bridgehead atoms. The van der Waals surface area contributed by atoms with Gasteiger partial charge in [0.05, 0.1) is 14.2 Å². The molecule has 3 aromatic carbocycles. The van der Waals surface area contributed by atoms with E-state index in [9.17, 15) is 4.79 Å². The zero-order valence-electron chi connectivity index (χ0n) is 16.5. The van der Waals surface area contributed by atoms with Gasteiger partial charge in [-0.25, -0.2) is 0 Å². The first-order valence-corrected chi connectivity index (χ1v) is 9.87. The highest BCUT2D eigenvalue weighted by Gasteiger charge is 2.08. The van der Waals surface area contributed by atoms with E-state index < -0.39 is 0 Å². The molecule has 0 N–H and O–H groups in total. The highest BCUT2D eigenvalue weighted by Crippen LogP contribution is 2.30. The van der Waals surface area contributed by atoms with Crippen LogP contribution in [0.25, 0.3) is 6.08 Å². The van der Waals surface area contributed by atoms with Crippen LogP contribution in [0.5, 0.6) is 17.2 Å². The van der Waals surface area contributed by atoms with Gasteiger partial charge in [-0.15, -0.1) is 0 Å². The Balaban J connectivity index is 1.69. The van der Waals surface area contributed by atoms with E-state index >= 15 is 0 Å². The fourth-order valence-electron chi connectivity index (χ4n) is 2.72. The molecule has 0 heterocycles. The molecule has 3 aromatic rings. The van der Waals surface area contributed by atoms with Crippen molar-refractivity contribution in [3.8, 4) is 17.2 Å². The minimum Gasteiger partial charge on any atom is -0.497 e. The molecule has 0 radical (unpaired) electrons. The molecule has 0 aromatic heterocycles. The smallest absolute Gasteiger partial charge is 0.185 e. The van der Waals surface area contributed by atoms with Crippen LogP contribution in [0.2, 0.25) is 10.0 Å². The van der Waals surface area contributed by atoms with Gasteiger partial charge in [-0.2, -0.15) is 0 Å². The Morgan fingerprint density at radius 1 is 0.900 bits per heavy atom. The number of rotatable bonds is 8. The van der Waals surface area contributed by atoms with Crippen LogP contribution in [0.3, 0.4) is 0 Å². The number of hydrogen-bond acceptors (Lipinski definition) is 4. The molecule has 4 nitrogen and oxygen atoms in total. The molecule has 0 spiro atoms. The number of hydrogen-bond donors (Lipinski definition) is 0. The predicted molar refractivity (Wildman–Crippen MR) is 120 cm³/mol. The summed E-state index contributed by atoms with van der Waals surface area (Å²) in [5, 5.41) is 1.11. The van der Waals surface area contributed by atoms with Crippen molar-refractivity contribution in [1.29, 1.82) is 0 Å². The normalized spacial score (nSPS) is 10.8. The van der Waals surface area contributed by atoms with Gasteiger partial charge in [-0.05, 0) is 60.2 Å². The van der Waals surface area contributed by atoms with Crippen molar-refractivity contribution >= 4 is 35.1 Å². The number of allylic oxidation sites excluding steroid dienone is 1. The van der Waals surface area contributed by atoms with Crippen molar-refractivity contribution in [2.24, 2.45) is 0 Å². The second-order valence-electron chi connectivity index (χ2n) is 6.36. The molecule has 6 heteroatoms. The van der Waals surface area contributed by atoms with E-state index in [1.54, 1.807) is 68.8 Å². The van der Waals surface area contributed by atoms with E-state index in [0.717, 1.165) is 11.1 Å². The van der Waals surface area contributed by atoms with Gasteiger partial charge in [-0.1, -0.05) is 41.4 Å². The SMILES string of the molecule is COc1ccc(C(=O)/C=C/c2ccc(OCc3ccc(Cl)cc3Cl)c(OC)c2)cc1. The standard InChI is InChI=1S/C24H20Cl2O4/c1-28-20-9-6-17(7-10-20)22(27)11-3-16-4-12-23(24(13-16)29-2)30-15-18-5-8-19(25)14-21(18)26/h3-14H,15H2,1-2H3/b11-3+. The first kappa shape index (κ1) is 21.8. The minimum absolute atomic E-state index is 0.102. The van der Waals surface area contributed by atoms with Crippen LogP contribution >= 0.6 is 23.2 Å². The minimum atomic E-state index is -0.102. The quantitative estimate of drug-likeness (QED) is 0.295. The van der Waals surface area contributed by atoms with Gasteiger partial charge in [0.1, 0.15) is 12.4 Å². The van der Waals surface area contributed by atoms with E-state index in [0.29, 0.717) is 32.9 Å². The van der Waals surface area contributed by atoms with E-state index in [-0.39, 0.29) is 12.4 Å². The fraction of sp³-hybridized carbons (Fsp3) is 0.125. The highest BCUT2D eigenvalue weighted by molar-refractivity contribution is 6.35. The van der Waals surface area contributed by atoms with E-state index in [1.165, 1.54) is 6.08 Å². The van der Waals surface area contributed by atoms with E-state index in [2.05, 4.69) is 0 Å². The Labute approximate surface area is 185 Å². The van der Waals surface area contributed by atoms with Crippen molar-refractivity contribution in [2.45, 2.75) is 6.61 Å². The maximum Gasteiger partial charge on any atom is 0.185 e. The van der Waals surface area contributed by atoms with Gasteiger partial charge in [-0.3, -0.25) is 4.79 Å². The molecule has 0 aliphatic carbocycles. The molecule has 0 fully saturated rings. The molecule has 3 rings (SSSR count). The van der Waals surface area contributed by atoms with E-state index in [4.69, 9.17) is 37.4 Å². The second-order valence-corrected chi connectivity index (χ2v) is 7.20. The molecule has 0 atom stereocenters. The lowest BCUT2D eigenvalue weighted by molar-refractivity contribution is 0.104. The van der Waals surface area contributed by atoms with Crippen molar-refractivity contribution in [3.63, 3.8) is 0 Å². The predicted octanol–water partition coefficient (Wildman–Crippen LogP) is 6.49. The van der Waals surface area contributed by atoms with Crippen LogP contribution in [0.15, 0.2) is 66.7 Å². The first-order chi connectivity index (χ1) is 14.5. The average Bonchev–Trinajstić information content (AvgIpc) is 2.77. The van der Waals surface area contributed by atoms with Gasteiger partial charge in [0.2, 0.25) is 0 Å². The summed E-state index contributed by atoms with van der Waals surface area (Å²) in [6.07, 6.45) is 3.25. The van der Waals surface area contributed by atoms with Crippen LogP contribution in [0, 0.1) is 0 Å². The monoisotopic (exact) mass is 442 g/mol. The molecule has 30 heavy (non-hydrogen) atoms. The summed E-state index contributed by atoms with van der Waals surface area (Å²) in [5.41, 5.74) is 2.21. The average molecular weight is 443 g/mol. The Bertz CT molecular complexity index is 1060. The third-order valence-electron chi connectivity index (χ3n) is 4.39. The number of carbonyl (C=O) groups is 1. The number of halogens is 2. The maximum atomic E-state index is 12.3.